The monoisotopic (exact) mass is 540 g/mol. The molecule has 0 fully saturated rings. The number of pyridine rings is 1. The van der Waals surface area contributed by atoms with Crippen LogP contribution in [0.15, 0.2) is 114 Å². The Morgan fingerprint density at radius 1 is 0.625 bits per heavy atom. The minimum Gasteiger partial charge on any atom is -0.256 e. The van der Waals surface area contributed by atoms with Gasteiger partial charge in [0.15, 0.2) is 0 Å². The van der Waals surface area contributed by atoms with Crippen LogP contribution in [0.1, 0.15) is 22.3 Å². The summed E-state index contributed by atoms with van der Waals surface area (Å²) in [4.78, 5) is 5.19. The van der Waals surface area contributed by atoms with Gasteiger partial charge < -0.3 is 0 Å². The zero-order chi connectivity index (χ0) is 27.4. The van der Waals surface area contributed by atoms with E-state index in [9.17, 15) is 8.42 Å². The molecule has 2 heterocycles. The fourth-order valence-electron chi connectivity index (χ4n) is 5.98. The molecule has 0 radical (unpaired) electrons. The first-order chi connectivity index (χ1) is 19.4. The summed E-state index contributed by atoms with van der Waals surface area (Å²) in [6.07, 6.45) is 1.97. The fourth-order valence-corrected chi connectivity index (χ4v) is 7.35. The van der Waals surface area contributed by atoms with Crippen molar-refractivity contribution in [3.8, 4) is 22.3 Å². The maximum Gasteiger partial charge on any atom is 0.243 e. The predicted molar refractivity (Wildman–Crippen MR) is 162 cm³/mol. The van der Waals surface area contributed by atoms with Crippen molar-refractivity contribution in [2.24, 2.45) is 0 Å². The Labute approximate surface area is 234 Å². The van der Waals surface area contributed by atoms with Crippen molar-refractivity contribution in [2.45, 2.75) is 31.8 Å². The smallest absolute Gasteiger partial charge is 0.243 e. The van der Waals surface area contributed by atoms with E-state index in [0.717, 1.165) is 60.6 Å². The van der Waals surface area contributed by atoms with Gasteiger partial charge in [0.05, 0.1) is 10.4 Å². The van der Waals surface area contributed by atoms with Crippen LogP contribution in [0.5, 0.6) is 0 Å². The van der Waals surface area contributed by atoms with Crippen LogP contribution in [-0.2, 0) is 23.1 Å². The van der Waals surface area contributed by atoms with Gasteiger partial charge >= 0.3 is 0 Å². The second-order valence-electron chi connectivity index (χ2n) is 10.6. The molecule has 1 aliphatic heterocycles. The topological polar surface area (TPSA) is 50.3 Å². The number of sulfonamides is 1. The largest absolute Gasteiger partial charge is 0.256 e. The summed E-state index contributed by atoms with van der Waals surface area (Å²) in [7, 11) is -3.71. The molecule has 0 N–H and O–H groups in total. The first kappa shape index (κ1) is 24.7. The van der Waals surface area contributed by atoms with E-state index in [4.69, 9.17) is 4.98 Å². The van der Waals surface area contributed by atoms with E-state index in [1.807, 2.05) is 61.7 Å². The van der Waals surface area contributed by atoms with Gasteiger partial charge in [-0.05, 0) is 65.4 Å². The number of hydrogen-bond acceptors (Lipinski definition) is 3. The van der Waals surface area contributed by atoms with Crippen LogP contribution in [0.4, 0.5) is 0 Å². The number of aryl methyl sites for hydroxylation is 2. The number of para-hydroxylation sites is 1. The third kappa shape index (κ3) is 3.93. The minimum absolute atomic E-state index is 0.303. The molecule has 0 spiro atoms. The van der Waals surface area contributed by atoms with Crippen LogP contribution >= 0.6 is 0 Å². The third-order valence-corrected chi connectivity index (χ3v) is 9.80. The van der Waals surface area contributed by atoms with E-state index in [-0.39, 0.29) is 0 Å². The normalized spacial score (nSPS) is 13.7. The molecular formula is C35H28N2O2S. The molecule has 1 aromatic heterocycles. The van der Waals surface area contributed by atoms with Crippen molar-refractivity contribution >= 4 is 31.7 Å². The minimum atomic E-state index is -3.71. The van der Waals surface area contributed by atoms with E-state index in [2.05, 4.69) is 49.4 Å². The highest BCUT2D eigenvalue weighted by atomic mass is 32.2. The zero-order valence-electron chi connectivity index (χ0n) is 22.4. The predicted octanol–water partition coefficient (Wildman–Crippen LogP) is 8.04. The molecule has 0 saturated carbocycles. The molecule has 0 aliphatic carbocycles. The summed E-state index contributed by atoms with van der Waals surface area (Å²) in [5, 5.41) is 3.21. The molecule has 0 atom stereocenters. The molecule has 40 heavy (non-hydrogen) atoms. The Morgan fingerprint density at radius 2 is 1.20 bits per heavy atom. The SMILES string of the molecule is Cc1ccc(-c2c3c(c(-c4ccccc4)c4c2cnc2ccccc24)CN(S(=O)(=O)c2ccc(C)cc2)C3)cc1. The Kier molecular flexibility index (Phi) is 5.81. The molecule has 1 aliphatic rings. The van der Waals surface area contributed by atoms with Crippen molar-refractivity contribution in [2.75, 3.05) is 0 Å². The van der Waals surface area contributed by atoms with E-state index in [0.29, 0.717) is 18.0 Å². The molecule has 5 heteroatoms. The van der Waals surface area contributed by atoms with Crippen LogP contribution in [0.2, 0.25) is 0 Å². The highest BCUT2D eigenvalue weighted by molar-refractivity contribution is 7.89. The molecule has 6 aromatic rings. The molecule has 4 nitrogen and oxygen atoms in total. The highest BCUT2D eigenvalue weighted by Gasteiger charge is 2.36. The van der Waals surface area contributed by atoms with Gasteiger partial charge in [-0.1, -0.05) is 96.1 Å². The highest BCUT2D eigenvalue weighted by Crippen LogP contribution is 2.48. The van der Waals surface area contributed by atoms with Crippen LogP contribution in [0.25, 0.3) is 43.9 Å². The number of aromatic nitrogens is 1. The van der Waals surface area contributed by atoms with Crippen LogP contribution < -0.4 is 0 Å². The van der Waals surface area contributed by atoms with Gasteiger partial charge in [0.2, 0.25) is 10.0 Å². The van der Waals surface area contributed by atoms with Crippen LogP contribution in [0.3, 0.4) is 0 Å². The van der Waals surface area contributed by atoms with E-state index in [1.54, 1.807) is 16.4 Å². The zero-order valence-corrected chi connectivity index (χ0v) is 23.2. The van der Waals surface area contributed by atoms with E-state index in [1.165, 1.54) is 5.56 Å². The van der Waals surface area contributed by atoms with Crippen LogP contribution in [-0.4, -0.2) is 17.7 Å². The van der Waals surface area contributed by atoms with Gasteiger partial charge in [0.25, 0.3) is 0 Å². The van der Waals surface area contributed by atoms with Crippen molar-refractivity contribution in [1.82, 2.24) is 9.29 Å². The van der Waals surface area contributed by atoms with Crippen molar-refractivity contribution in [3.05, 3.63) is 132 Å². The van der Waals surface area contributed by atoms with E-state index < -0.39 is 10.0 Å². The lowest BCUT2D eigenvalue weighted by Gasteiger charge is -2.20. The average molecular weight is 541 g/mol. The average Bonchev–Trinajstić information content (AvgIpc) is 3.43. The summed E-state index contributed by atoms with van der Waals surface area (Å²) in [6.45, 7) is 4.65. The summed E-state index contributed by atoms with van der Waals surface area (Å²) >= 11 is 0. The maximum atomic E-state index is 14.0. The molecular weight excluding hydrogens is 512 g/mol. The van der Waals surface area contributed by atoms with Crippen molar-refractivity contribution < 1.29 is 8.42 Å². The lowest BCUT2D eigenvalue weighted by atomic mass is 9.84. The number of fused-ring (bicyclic) bond motifs is 4. The van der Waals surface area contributed by atoms with Crippen LogP contribution in [0, 0.1) is 13.8 Å². The Balaban J connectivity index is 1.58. The first-order valence-corrected chi connectivity index (χ1v) is 14.9. The first-order valence-electron chi connectivity index (χ1n) is 13.5. The summed E-state index contributed by atoms with van der Waals surface area (Å²) < 4.78 is 29.6. The van der Waals surface area contributed by atoms with E-state index >= 15 is 0 Å². The van der Waals surface area contributed by atoms with Gasteiger partial charge in [-0.3, -0.25) is 4.98 Å². The van der Waals surface area contributed by atoms with Gasteiger partial charge in [-0.25, -0.2) is 8.42 Å². The Morgan fingerprint density at radius 3 is 1.90 bits per heavy atom. The summed E-state index contributed by atoms with van der Waals surface area (Å²) in [5.74, 6) is 0. The number of hydrogen-bond donors (Lipinski definition) is 0. The molecule has 196 valence electrons. The second kappa shape index (κ2) is 9.40. The van der Waals surface area contributed by atoms with Gasteiger partial charge in [0.1, 0.15) is 0 Å². The molecule has 5 aromatic carbocycles. The molecule has 7 rings (SSSR count). The lowest BCUT2D eigenvalue weighted by Crippen LogP contribution is -2.25. The Bertz CT molecular complexity index is 2020. The summed E-state index contributed by atoms with van der Waals surface area (Å²) in [6, 6.07) is 34.2. The standard InChI is InChI=1S/C35H28N2O2S/c1-23-12-16-26(17-13-23)33-29-20-36-32-11-7-6-10-28(32)35(29)34(25-8-4-3-5-9-25)31-22-37(21-30(31)33)40(38,39)27-18-14-24(2)15-19-27/h3-20H,21-22H2,1-2H3. The fraction of sp³-hybridized carbons (Fsp3) is 0.114. The van der Waals surface area contributed by atoms with Gasteiger partial charge in [-0.2, -0.15) is 4.31 Å². The summed E-state index contributed by atoms with van der Waals surface area (Å²) in [5.41, 5.74) is 9.52. The molecule has 0 bridgehead atoms. The molecule has 0 unspecified atom stereocenters. The van der Waals surface area contributed by atoms with Crippen molar-refractivity contribution in [1.29, 1.82) is 0 Å². The van der Waals surface area contributed by atoms with Crippen molar-refractivity contribution in [3.63, 3.8) is 0 Å². The lowest BCUT2D eigenvalue weighted by molar-refractivity contribution is 0.432. The second-order valence-corrected chi connectivity index (χ2v) is 12.5. The number of nitrogens with zero attached hydrogens (tertiary/aromatic N) is 2. The number of rotatable bonds is 4. The maximum absolute atomic E-state index is 14.0. The van der Waals surface area contributed by atoms with Gasteiger partial charge in [0, 0.05) is 35.4 Å². The Hall–Kier alpha value is -4.32. The molecule has 0 amide bonds. The quantitative estimate of drug-likeness (QED) is 0.213. The van der Waals surface area contributed by atoms with Gasteiger partial charge in [-0.15, -0.1) is 0 Å². The third-order valence-electron chi connectivity index (χ3n) is 7.99. The number of benzene rings is 5. The molecule has 0 saturated heterocycles.